The van der Waals surface area contributed by atoms with Crippen molar-refractivity contribution in [1.82, 2.24) is 0 Å². The summed E-state index contributed by atoms with van der Waals surface area (Å²) in [5, 5.41) is 2.68. The first-order valence-corrected chi connectivity index (χ1v) is 11.1. The Balaban J connectivity index is 1.90. The highest BCUT2D eigenvalue weighted by atomic mass is 32.2. The second-order valence-electron chi connectivity index (χ2n) is 6.83. The van der Waals surface area contributed by atoms with Gasteiger partial charge in [0.1, 0.15) is 0 Å². The van der Waals surface area contributed by atoms with Crippen LogP contribution in [0.5, 0.6) is 0 Å². The van der Waals surface area contributed by atoms with Crippen LogP contribution in [0, 0.1) is 0 Å². The van der Waals surface area contributed by atoms with Crippen molar-refractivity contribution >= 4 is 27.4 Å². The molecule has 7 heteroatoms. The average Bonchev–Trinajstić information content (AvgIpc) is 2.65. The van der Waals surface area contributed by atoms with Gasteiger partial charge in [-0.05, 0) is 47.7 Å². The summed E-state index contributed by atoms with van der Waals surface area (Å²) in [5.74, 6) is -0.847. The lowest BCUT2D eigenvalue weighted by molar-refractivity contribution is -0.119. The van der Waals surface area contributed by atoms with Crippen LogP contribution in [0.4, 0.5) is 5.69 Å². The van der Waals surface area contributed by atoms with Crippen LogP contribution >= 0.6 is 0 Å². The minimum absolute atomic E-state index is 0.165. The van der Waals surface area contributed by atoms with Gasteiger partial charge in [0.2, 0.25) is 0 Å². The third-order valence-electron chi connectivity index (χ3n) is 4.30. The van der Waals surface area contributed by atoms with Crippen molar-refractivity contribution in [3.8, 4) is 0 Å². The number of carbonyl (C=O) groups is 2. The number of esters is 1. The normalized spacial score (nSPS) is 12.2. The Morgan fingerprint density at radius 2 is 1.79 bits per heavy atom. The lowest BCUT2D eigenvalue weighted by Gasteiger charge is -2.11. The lowest BCUT2D eigenvalue weighted by atomic mass is 9.99. The third-order valence-corrected chi connectivity index (χ3v) is 5.16. The standard InChI is InChI=1S/C21H25NO5S/c1-4-15(2)17-8-10-19(11-9-17)22-20(23)13-27-21(24)18-7-5-6-16(12-18)14-28(3,25)26/h5-12,15H,4,13-14H2,1-3H3,(H,22,23)/t15-/m1/s1. The molecular formula is C21H25NO5S. The second kappa shape index (κ2) is 9.50. The van der Waals surface area contributed by atoms with Crippen LogP contribution < -0.4 is 5.32 Å². The number of sulfone groups is 1. The zero-order valence-electron chi connectivity index (χ0n) is 16.3. The van der Waals surface area contributed by atoms with E-state index in [0.29, 0.717) is 17.2 Å². The molecule has 28 heavy (non-hydrogen) atoms. The van der Waals surface area contributed by atoms with E-state index in [-0.39, 0.29) is 11.3 Å². The minimum atomic E-state index is -3.21. The van der Waals surface area contributed by atoms with E-state index in [1.807, 2.05) is 24.3 Å². The first kappa shape index (κ1) is 21.6. The molecule has 0 fully saturated rings. The summed E-state index contributed by atoms with van der Waals surface area (Å²) >= 11 is 0. The van der Waals surface area contributed by atoms with Gasteiger partial charge < -0.3 is 10.1 Å². The first-order chi connectivity index (χ1) is 13.2. The van der Waals surface area contributed by atoms with E-state index in [9.17, 15) is 18.0 Å². The zero-order chi connectivity index (χ0) is 20.7. The maximum atomic E-state index is 12.1. The van der Waals surface area contributed by atoms with Crippen LogP contribution in [0.15, 0.2) is 48.5 Å². The Morgan fingerprint density at radius 1 is 1.11 bits per heavy atom. The summed E-state index contributed by atoms with van der Waals surface area (Å²) in [7, 11) is -3.21. The number of hydrogen-bond acceptors (Lipinski definition) is 5. The summed E-state index contributed by atoms with van der Waals surface area (Å²) in [4.78, 5) is 24.1. The molecule has 0 saturated carbocycles. The molecule has 0 heterocycles. The number of hydrogen-bond donors (Lipinski definition) is 1. The van der Waals surface area contributed by atoms with Gasteiger partial charge in [0.05, 0.1) is 11.3 Å². The molecule has 0 radical (unpaired) electrons. The molecule has 150 valence electrons. The fourth-order valence-electron chi connectivity index (χ4n) is 2.63. The van der Waals surface area contributed by atoms with Gasteiger partial charge in [-0.25, -0.2) is 13.2 Å². The van der Waals surface area contributed by atoms with Crippen LogP contribution in [-0.4, -0.2) is 33.2 Å². The van der Waals surface area contributed by atoms with E-state index < -0.39 is 28.3 Å². The van der Waals surface area contributed by atoms with Crippen LogP contribution in [0.25, 0.3) is 0 Å². The molecule has 0 bridgehead atoms. The van der Waals surface area contributed by atoms with Gasteiger partial charge in [-0.15, -0.1) is 0 Å². The molecule has 1 N–H and O–H groups in total. The highest BCUT2D eigenvalue weighted by Gasteiger charge is 2.13. The van der Waals surface area contributed by atoms with Crippen LogP contribution in [-0.2, 0) is 25.1 Å². The van der Waals surface area contributed by atoms with Gasteiger partial charge in [-0.3, -0.25) is 4.79 Å². The predicted octanol–water partition coefficient (Wildman–Crippen LogP) is 3.54. The van der Waals surface area contributed by atoms with Gasteiger partial charge in [-0.1, -0.05) is 38.1 Å². The Bertz CT molecular complexity index is 936. The van der Waals surface area contributed by atoms with E-state index in [4.69, 9.17) is 4.74 Å². The maximum absolute atomic E-state index is 12.1. The zero-order valence-corrected chi connectivity index (χ0v) is 17.1. The Morgan fingerprint density at radius 3 is 2.39 bits per heavy atom. The van der Waals surface area contributed by atoms with E-state index >= 15 is 0 Å². The summed E-state index contributed by atoms with van der Waals surface area (Å²) in [6.07, 6.45) is 2.16. The van der Waals surface area contributed by atoms with Gasteiger partial charge in [-0.2, -0.15) is 0 Å². The van der Waals surface area contributed by atoms with Crippen LogP contribution in [0.2, 0.25) is 0 Å². The fourth-order valence-corrected chi connectivity index (χ4v) is 3.42. The van der Waals surface area contributed by atoms with Gasteiger partial charge >= 0.3 is 5.97 Å². The third kappa shape index (κ3) is 6.81. The summed E-state index contributed by atoms with van der Waals surface area (Å²) in [5.41, 5.74) is 2.51. The minimum Gasteiger partial charge on any atom is -0.452 e. The quantitative estimate of drug-likeness (QED) is 0.681. The van der Waals surface area contributed by atoms with Crippen molar-refractivity contribution in [3.63, 3.8) is 0 Å². The van der Waals surface area contributed by atoms with Crippen LogP contribution in [0.1, 0.15) is 47.7 Å². The van der Waals surface area contributed by atoms with Gasteiger partial charge in [0.25, 0.3) is 5.91 Å². The molecule has 0 aliphatic carbocycles. The molecule has 0 aliphatic rings. The number of benzene rings is 2. The number of ether oxygens (including phenoxy) is 1. The second-order valence-corrected chi connectivity index (χ2v) is 8.97. The van der Waals surface area contributed by atoms with Crippen molar-refractivity contribution < 1.29 is 22.7 Å². The molecule has 2 aromatic rings. The van der Waals surface area contributed by atoms with Gasteiger partial charge in [0.15, 0.2) is 16.4 Å². The Hall–Kier alpha value is -2.67. The molecule has 1 amide bonds. The number of nitrogens with one attached hydrogen (secondary N) is 1. The molecule has 0 saturated heterocycles. The van der Waals surface area contributed by atoms with E-state index in [1.54, 1.807) is 12.1 Å². The van der Waals surface area contributed by atoms with E-state index in [0.717, 1.165) is 12.7 Å². The van der Waals surface area contributed by atoms with Crippen LogP contribution in [0.3, 0.4) is 0 Å². The topological polar surface area (TPSA) is 89.5 Å². The lowest BCUT2D eigenvalue weighted by Crippen LogP contribution is -2.21. The van der Waals surface area contributed by atoms with Crippen molar-refractivity contribution in [2.45, 2.75) is 31.9 Å². The number of rotatable bonds is 8. The van der Waals surface area contributed by atoms with E-state index in [2.05, 4.69) is 19.2 Å². The predicted molar refractivity (Wildman–Crippen MR) is 109 cm³/mol. The molecule has 0 unspecified atom stereocenters. The molecule has 2 rings (SSSR count). The van der Waals surface area contributed by atoms with Crippen molar-refractivity contribution in [2.24, 2.45) is 0 Å². The summed E-state index contributed by atoms with van der Waals surface area (Å²) in [6, 6.07) is 13.7. The SMILES string of the molecule is CC[C@@H](C)c1ccc(NC(=O)COC(=O)c2cccc(CS(C)(=O)=O)c2)cc1. The fraction of sp³-hybridized carbons (Fsp3) is 0.333. The summed E-state index contributed by atoms with van der Waals surface area (Å²) in [6.45, 7) is 3.83. The van der Waals surface area contributed by atoms with Crippen molar-refractivity contribution in [1.29, 1.82) is 0 Å². The highest BCUT2D eigenvalue weighted by Crippen LogP contribution is 2.20. The maximum Gasteiger partial charge on any atom is 0.338 e. The Labute approximate surface area is 165 Å². The van der Waals surface area contributed by atoms with Crippen molar-refractivity contribution in [3.05, 3.63) is 65.2 Å². The average molecular weight is 404 g/mol. The number of anilines is 1. The highest BCUT2D eigenvalue weighted by molar-refractivity contribution is 7.89. The summed E-state index contributed by atoms with van der Waals surface area (Å²) < 4.78 is 27.8. The number of amides is 1. The van der Waals surface area contributed by atoms with Gasteiger partial charge in [0, 0.05) is 11.9 Å². The molecule has 0 aromatic heterocycles. The molecule has 0 aliphatic heterocycles. The first-order valence-electron chi connectivity index (χ1n) is 9.01. The largest absolute Gasteiger partial charge is 0.452 e. The monoisotopic (exact) mass is 403 g/mol. The van der Waals surface area contributed by atoms with E-state index in [1.165, 1.54) is 17.7 Å². The Kier molecular flexibility index (Phi) is 7.34. The molecule has 6 nitrogen and oxygen atoms in total. The van der Waals surface area contributed by atoms with Crippen molar-refractivity contribution in [2.75, 3.05) is 18.2 Å². The number of carbonyl (C=O) groups excluding carboxylic acids is 2. The molecule has 1 atom stereocenters. The smallest absolute Gasteiger partial charge is 0.338 e. The molecule has 2 aromatic carbocycles. The molecule has 0 spiro atoms. The molecular weight excluding hydrogens is 378 g/mol.